The zero-order chi connectivity index (χ0) is 13.8. The average Bonchev–Trinajstić information content (AvgIpc) is 2.41. The van der Waals surface area contributed by atoms with E-state index in [4.69, 9.17) is 15.2 Å². The molecule has 1 aromatic heterocycles. The van der Waals surface area contributed by atoms with Crippen molar-refractivity contribution in [3.8, 4) is 11.6 Å². The van der Waals surface area contributed by atoms with Gasteiger partial charge in [-0.25, -0.2) is 4.98 Å². The number of ether oxygens (including phenoxy) is 2. The number of rotatable bonds is 4. The number of nitrogen functional groups attached to an aromatic ring is 1. The Morgan fingerprint density at radius 3 is 2.68 bits per heavy atom. The molecule has 0 saturated carbocycles. The minimum absolute atomic E-state index is 0.325. The Morgan fingerprint density at radius 1 is 1.21 bits per heavy atom. The molecular weight excluding hydrogens is 312 g/mol. The van der Waals surface area contributed by atoms with Gasteiger partial charge < -0.3 is 20.5 Å². The number of methoxy groups -OCH3 is 2. The van der Waals surface area contributed by atoms with Crippen molar-refractivity contribution in [3.63, 3.8) is 0 Å². The third-order valence-corrected chi connectivity index (χ3v) is 2.95. The smallest absolute Gasteiger partial charge is 0.242 e. The minimum atomic E-state index is 0.325. The normalized spacial score (nSPS) is 10.1. The number of anilines is 3. The van der Waals surface area contributed by atoms with Gasteiger partial charge in [0.25, 0.3) is 0 Å². The maximum absolute atomic E-state index is 5.91. The molecule has 1 heterocycles. The predicted octanol–water partition coefficient (Wildman–Crippen LogP) is 2.58. The number of hydrogen-bond acceptors (Lipinski definition) is 6. The van der Waals surface area contributed by atoms with Crippen LogP contribution in [0.25, 0.3) is 0 Å². The number of nitrogens with two attached hydrogens (primary N) is 1. The maximum atomic E-state index is 5.91. The van der Waals surface area contributed by atoms with Crippen LogP contribution in [-0.4, -0.2) is 24.2 Å². The summed E-state index contributed by atoms with van der Waals surface area (Å²) in [6.45, 7) is 0. The van der Waals surface area contributed by atoms with E-state index in [1.165, 1.54) is 13.4 Å². The van der Waals surface area contributed by atoms with Crippen LogP contribution < -0.4 is 20.5 Å². The van der Waals surface area contributed by atoms with Crippen LogP contribution in [0.1, 0.15) is 0 Å². The highest BCUT2D eigenvalue weighted by molar-refractivity contribution is 9.10. The lowest BCUT2D eigenvalue weighted by molar-refractivity contribution is 0.399. The van der Waals surface area contributed by atoms with E-state index in [-0.39, 0.29) is 0 Å². The Kier molecular flexibility index (Phi) is 4.06. The van der Waals surface area contributed by atoms with Crippen molar-refractivity contribution in [3.05, 3.63) is 29.0 Å². The summed E-state index contributed by atoms with van der Waals surface area (Å²) in [5.41, 5.74) is 6.99. The second-order valence-electron chi connectivity index (χ2n) is 3.61. The van der Waals surface area contributed by atoms with Gasteiger partial charge in [-0.2, -0.15) is 4.98 Å². The molecule has 0 unspecified atom stereocenters. The SMILES string of the molecule is COc1ccc(Br)cc1Nc1ncnc(OC)c1N. The van der Waals surface area contributed by atoms with E-state index in [2.05, 4.69) is 31.2 Å². The highest BCUT2D eigenvalue weighted by Gasteiger charge is 2.11. The van der Waals surface area contributed by atoms with Gasteiger partial charge in [0.2, 0.25) is 5.88 Å². The van der Waals surface area contributed by atoms with E-state index in [9.17, 15) is 0 Å². The summed E-state index contributed by atoms with van der Waals surface area (Å²) in [7, 11) is 3.10. The zero-order valence-corrected chi connectivity index (χ0v) is 12.1. The van der Waals surface area contributed by atoms with E-state index >= 15 is 0 Å². The molecule has 7 heteroatoms. The van der Waals surface area contributed by atoms with Crippen molar-refractivity contribution in [2.45, 2.75) is 0 Å². The summed E-state index contributed by atoms with van der Waals surface area (Å²) < 4.78 is 11.2. The largest absolute Gasteiger partial charge is 0.495 e. The van der Waals surface area contributed by atoms with Crippen molar-refractivity contribution >= 4 is 33.1 Å². The van der Waals surface area contributed by atoms with Crippen molar-refractivity contribution in [2.24, 2.45) is 0 Å². The average molecular weight is 325 g/mol. The first-order valence-corrected chi connectivity index (χ1v) is 6.20. The van der Waals surface area contributed by atoms with Crippen molar-refractivity contribution < 1.29 is 9.47 Å². The molecule has 0 saturated heterocycles. The lowest BCUT2D eigenvalue weighted by Gasteiger charge is -2.13. The van der Waals surface area contributed by atoms with Crippen molar-refractivity contribution in [1.29, 1.82) is 0 Å². The highest BCUT2D eigenvalue weighted by Crippen LogP contribution is 2.33. The molecule has 3 N–H and O–H groups in total. The van der Waals surface area contributed by atoms with Crippen LogP contribution in [0.4, 0.5) is 17.2 Å². The van der Waals surface area contributed by atoms with Crippen molar-refractivity contribution in [1.82, 2.24) is 9.97 Å². The van der Waals surface area contributed by atoms with Crippen LogP contribution >= 0.6 is 15.9 Å². The lowest BCUT2D eigenvalue weighted by atomic mass is 10.3. The highest BCUT2D eigenvalue weighted by atomic mass is 79.9. The summed E-state index contributed by atoms with van der Waals surface area (Å²) in [5.74, 6) is 1.47. The first-order chi connectivity index (χ1) is 9.15. The summed E-state index contributed by atoms with van der Waals surface area (Å²) in [6.07, 6.45) is 1.38. The standard InChI is InChI=1S/C12H13BrN4O2/c1-18-9-4-3-7(13)5-8(9)17-11-10(14)12(19-2)16-6-15-11/h3-6H,14H2,1-2H3,(H,15,16,17). The van der Waals surface area contributed by atoms with Gasteiger partial charge in [0.15, 0.2) is 5.82 Å². The third kappa shape index (κ3) is 2.87. The molecule has 0 aliphatic carbocycles. The molecule has 100 valence electrons. The molecule has 0 aliphatic rings. The molecule has 0 fully saturated rings. The Hall–Kier alpha value is -2.02. The molecule has 1 aromatic carbocycles. The van der Waals surface area contributed by atoms with E-state index in [1.807, 2.05) is 18.2 Å². The van der Waals surface area contributed by atoms with Gasteiger partial charge in [0.05, 0.1) is 19.9 Å². The molecule has 6 nitrogen and oxygen atoms in total. The number of halogens is 1. The maximum Gasteiger partial charge on any atom is 0.242 e. The number of hydrogen-bond donors (Lipinski definition) is 2. The minimum Gasteiger partial charge on any atom is -0.495 e. The molecule has 0 radical (unpaired) electrons. The van der Waals surface area contributed by atoms with E-state index in [0.29, 0.717) is 23.1 Å². The summed E-state index contributed by atoms with van der Waals surface area (Å²) in [6, 6.07) is 5.59. The van der Waals surface area contributed by atoms with Gasteiger partial charge in [-0.1, -0.05) is 15.9 Å². The van der Waals surface area contributed by atoms with Crippen molar-refractivity contribution in [2.75, 3.05) is 25.3 Å². The summed E-state index contributed by atoms with van der Waals surface area (Å²) in [4.78, 5) is 8.01. The molecular formula is C12H13BrN4O2. The summed E-state index contributed by atoms with van der Waals surface area (Å²) in [5, 5.41) is 3.10. The van der Waals surface area contributed by atoms with E-state index < -0.39 is 0 Å². The monoisotopic (exact) mass is 324 g/mol. The van der Waals surface area contributed by atoms with Gasteiger partial charge in [-0.3, -0.25) is 0 Å². The van der Waals surface area contributed by atoms with Crippen LogP contribution in [-0.2, 0) is 0 Å². The fourth-order valence-corrected chi connectivity index (χ4v) is 1.91. The second kappa shape index (κ2) is 5.75. The van der Waals surface area contributed by atoms with Crippen LogP contribution in [0.3, 0.4) is 0 Å². The van der Waals surface area contributed by atoms with Gasteiger partial charge in [-0.15, -0.1) is 0 Å². The third-order valence-electron chi connectivity index (χ3n) is 2.46. The van der Waals surface area contributed by atoms with Crippen LogP contribution in [0, 0.1) is 0 Å². The quantitative estimate of drug-likeness (QED) is 0.899. The van der Waals surface area contributed by atoms with Gasteiger partial charge in [0, 0.05) is 4.47 Å². The zero-order valence-electron chi connectivity index (χ0n) is 10.5. The van der Waals surface area contributed by atoms with Crippen LogP contribution in [0.15, 0.2) is 29.0 Å². The number of nitrogens with zero attached hydrogens (tertiary/aromatic N) is 2. The number of aromatic nitrogens is 2. The molecule has 2 aromatic rings. The van der Waals surface area contributed by atoms with Crippen LogP contribution in [0.2, 0.25) is 0 Å². The Morgan fingerprint density at radius 2 is 2.00 bits per heavy atom. The predicted molar refractivity (Wildman–Crippen MR) is 77.0 cm³/mol. The summed E-state index contributed by atoms with van der Waals surface area (Å²) >= 11 is 3.40. The van der Waals surface area contributed by atoms with Gasteiger partial charge in [0.1, 0.15) is 17.8 Å². The number of nitrogens with one attached hydrogen (secondary N) is 1. The Balaban J connectivity index is 2.38. The van der Waals surface area contributed by atoms with E-state index in [1.54, 1.807) is 7.11 Å². The molecule has 0 bridgehead atoms. The Labute approximate surface area is 119 Å². The molecule has 19 heavy (non-hydrogen) atoms. The lowest BCUT2D eigenvalue weighted by Crippen LogP contribution is -2.04. The molecule has 0 amide bonds. The Bertz CT molecular complexity index is 592. The fraction of sp³-hybridized carbons (Fsp3) is 0.167. The van der Waals surface area contributed by atoms with Crippen LogP contribution in [0.5, 0.6) is 11.6 Å². The first-order valence-electron chi connectivity index (χ1n) is 5.40. The van der Waals surface area contributed by atoms with E-state index in [0.717, 1.165) is 10.2 Å². The molecule has 0 spiro atoms. The second-order valence-corrected chi connectivity index (χ2v) is 4.53. The molecule has 2 rings (SSSR count). The molecule has 0 aliphatic heterocycles. The molecule has 0 atom stereocenters. The fourth-order valence-electron chi connectivity index (χ4n) is 1.55. The number of benzene rings is 1. The first kappa shape index (κ1) is 13.4. The topological polar surface area (TPSA) is 82.3 Å². The van der Waals surface area contributed by atoms with Gasteiger partial charge in [-0.05, 0) is 18.2 Å². The van der Waals surface area contributed by atoms with Gasteiger partial charge >= 0.3 is 0 Å².